The molecule has 4 rings (SSSR count). The SMILES string of the molecule is Cc1noc(C2CCC(Cc3noc(C4CC(N)C4)n3)NC2)n1. The van der Waals surface area contributed by atoms with E-state index in [9.17, 15) is 0 Å². The number of nitrogens with one attached hydrogen (secondary N) is 1. The first-order valence-corrected chi connectivity index (χ1v) is 8.29. The zero-order valence-electron chi connectivity index (χ0n) is 13.2. The fraction of sp³-hybridized carbons (Fsp3) is 0.733. The van der Waals surface area contributed by atoms with E-state index >= 15 is 0 Å². The van der Waals surface area contributed by atoms with Crippen LogP contribution in [0.2, 0.25) is 0 Å². The van der Waals surface area contributed by atoms with Crippen molar-refractivity contribution in [3.8, 4) is 0 Å². The molecule has 2 aromatic rings. The van der Waals surface area contributed by atoms with Crippen LogP contribution in [-0.2, 0) is 6.42 Å². The molecule has 2 aromatic heterocycles. The largest absolute Gasteiger partial charge is 0.339 e. The molecule has 0 spiro atoms. The van der Waals surface area contributed by atoms with Crippen LogP contribution < -0.4 is 11.1 Å². The van der Waals surface area contributed by atoms with Gasteiger partial charge >= 0.3 is 0 Å². The van der Waals surface area contributed by atoms with Gasteiger partial charge in [0.1, 0.15) is 0 Å². The Labute approximate surface area is 134 Å². The van der Waals surface area contributed by atoms with Crippen molar-refractivity contribution in [1.82, 2.24) is 25.6 Å². The van der Waals surface area contributed by atoms with Gasteiger partial charge in [0.15, 0.2) is 11.6 Å². The van der Waals surface area contributed by atoms with Crippen molar-refractivity contribution >= 4 is 0 Å². The molecular formula is C15H22N6O2. The van der Waals surface area contributed by atoms with Gasteiger partial charge in [0.25, 0.3) is 0 Å². The van der Waals surface area contributed by atoms with Gasteiger partial charge in [-0.3, -0.25) is 0 Å². The molecular weight excluding hydrogens is 296 g/mol. The molecule has 1 aliphatic heterocycles. The van der Waals surface area contributed by atoms with Crippen molar-refractivity contribution in [2.75, 3.05) is 6.54 Å². The number of aromatic nitrogens is 4. The first-order valence-electron chi connectivity index (χ1n) is 8.29. The smallest absolute Gasteiger partial charge is 0.231 e. The molecule has 2 atom stereocenters. The van der Waals surface area contributed by atoms with E-state index in [1.54, 1.807) is 0 Å². The van der Waals surface area contributed by atoms with Crippen molar-refractivity contribution in [1.29, 1.82) is 0 Å². The van der Waals surface area contributed by atoms with Crippen LogP contribution in [0.4, 0.5) is 0 Å². The molecule has 23 heavy (non-hydrogen) atoms. The Bertz CT molecular complexity index is 654. The van der Waals surface area contributed by atoms with Crippen LogP contribution in [0.1, 0.15) is 60.9 Å². The van der Waals surface area contributed by atoms with E-state index in [2.05, 4.69) is 25.6 Å². The highest BCUT2D eigenvalue weighted by atomic mass is 16.5. The topological polar surface area (TPSA) is 116 Å². The summed E-state index contributed by atoms with van der Waals surface area (Å²) in [6.07, 6.45) is 4.76. The average molecular weight is 318 g/mol. The summed E-state index contributed by atoms with van der Waals surface area (Å²) in [5, 5.41) is 11.5. The average Bonchev–Trinajstić information content (AvgIpc) is 3.14. The number of rotatable bonds is 4. The minimum Gasteiger partial charge on any atom is -0.339 e. The molecule has 2 aliphatic rings. The highest BCUT2D eigenvalue weighted by Crippen LogP contribution is 2.34. The summed E-state index contributed by atoms with van der Waals surface area (Å²) in [6, 6.07) is 0.657. The summed E-state index contributed by atoms with van der Waals surface area (Å²) in [6.45, 7) is 2.68. The maximum absolute atomic E-state index is 5.81. The number of hydrogen-bond donors (Lipinski definition) is 2. The summed E-state index contributed by atoms with van der Waals surface area (Å²) in [5.41, 5.74) is 5.81. The molecule has 0 amide bonds. The second kappa shape index (κ2) is 6.01. The molecule has 8 nitrogen and oxygen atoms in total. The molecule has 0 bridgehead atoms. The fourth-order valence-electron chi connectivity index (χ4n) is 3.38. The normalized spacial score (nSPS) is 31.0. The molecule has 2 fully saturated rings. The van der Waals surface area contributed by atoms with Gasteiger partial charge in [0.2, 0.25) is 11.8 Å². The van der Waals surface area contributed by atoms with Crippen LogP contribution in [0.25, 0.3) is 0 Å². The summed E-state index contributed by atoms with van der Waals surface area (Å²) >= 11 is 0. The van der Waals surface area contributed by atoms with Gasteiger partial charge in [-0.2, -0.15) is 9.97 Å². The van der Waals surface area contributed by atoms with Gasteiger partial charge < -0.3 is 20.1 Å². The van der Waals surface area contributed by atoms with Gasteiger partial charge in [-0.1, -0.05) is 10.3 Å². The molecule has 124 valence electrons. The van der Waals surface area contributed by atoms with Crippen LogP contribution in [0, 0.1) is 6.92 Å². The zero-order chi connectivity index (χ0) is 15.8. The predicted molar refractivity (Wildman–Crippen MR) is 80.8 cm³/mol. The standard InChI is InChI=1S/C15H22N6O2/c1-8-18-14(22-20-8)9-2-3-12(17-7-9)6-13-19-15(23-21-13)10-4-11(16)5-10/h9-12,17H,2-7,16H2,1H3. The second-order valence-electron chi connectivity index (χ2n) is 6.74. The minimum atomic E-state index is 0.292. The molecule has 3 heterocycles. The van der Waals surface area contributed by atoms with Crippen LogP contribution in [0.3, 0.4) is 0 Å². The third-order valence-corrected chi connectivity index (χ3v) is 4.85. The maximum Gasteiger partial charge on any atom is 0.231 e. The van der Waals surface area contributed by atoms with Crippen molar-refractivity contribution in [2.45, 2.75) is 62.9 Å². The van der Waals surface area contributed by atoms with Crippen molar-refractivity contribution in [2.24, 2.45) is 5.73 Å². The van der Waals surface area contributed by atoms with Crippen LogP contribution in [0.15, 0.2) is 9.05 Å². The Hall–Kier alpha value is -1.80. The van der Waals surface area contributed by atoms with E-state index in [-0.39, 0.29) is 0 Å². The molecule has 1 aliphatic carbocycles. The molecule has 1 saturated heterocycles. The molecule has 3 N–H and O–H groups in total. The summed E-state index contributed by atoms with van der Waals surface area (Å²) in [4.78, 5) is 8.85. The summed E-state index contributed by atoms with van der Waals surface area (Å²) in [7, 11) is 0. The minimum absolute atomic E-state index is 0.292. The van der Waals surface area contributed by atoms with E-state index in [4.69, 9.17) is 14.8 Å². The lowest BCUT2D eigenvalue weighted by Gasteiger charge is -2.29. The number of nitrogens with two attached hydrogens (primary N) is 1. The quantitative estimate of drug-likeness (QED) is 0.859. The summed E-state index contributed by atoms with van der Waals surface area (Å²) < 4.78 is 10.6. The Morgan fingerprint density at radius 2 is 1.87 bits per heavy atom. The van der Waals surface area contributed by atoms with Gasteiger partial charge in [-0.25, -0.2) is 0 Å². The summed E-state index contributed by atoms with van der Waals surface area (Å²) in [5.74, 6) is 3.61. The van der Waals surface area contributed by atoms with E-state index < -0.39 is 0 Å². The first kappa shape index (κ1) is 14.8. The van der Waals surface area contributed by atoms with Crippen molar-refractivity contribution in [3.05, 3.63) is 23.4 Å². The van der Waals surface area contributed by atoms with Crippen LogP contribution in [0.5, 0.6) is 0 Å². The Morgan fingerprint density at radius 1 is 1.09 bits per heavy atom. The van der Waals surface area contributed by atoms with E-state index in [1.165, 1.54) is 0 Å². The predicted octanol–water partition coefficient (Wildman–Crippen LogP) is 1.04. The highest BCUT2D eigenvalue weighted by Gasteiger charge is 2.32. The molecule has 8 heteroatoms. The lowest BCUT2D eigenvalue weighted by molar-refractivity contribution is 0.263. The zero-order valence-corrected chi connectivity index (χ0v) is 13.2. The first-order chi connectivity index (χ1) is 11.2. The molecule has 2 unspecified atom stereocenters. The van der Waals surface area contributed by atoms with Gasteiger partial charge in [0.05, 0.1) is 5.92 Å². The van der Waals surface area contributed by atoms with Gasteiger partial charge in [-0.05, 0) is 32.6 Å². The Balaban J connectivity index is 1.29. The lowest BCUT2D eigenvalue weighted by Crippen LogP contribution is -2.39. The van der Waals surface area contributed by atoms with Gasteiger partial charge in [-0.15, -0.1) is 0 Å². The Kier molecular flexibility index (Phi) is 3.86. The highest BCUT2D eigenvalue weighted by molar-refractivity contribution is 5.04. The van der Waals surface area contributed by atoms with E-state index in [1.807, 2.05) is 6.92 Å². The van der Waals surface area contributed by atoms with Crippen LogP contribution in [-0.4, -0.2) is 38.9 Å². The van der Waals surface area contributed by atoms with Crippen LogP contribution >= 0.6 is 0 Å². The third-order valence-electron chi connectivity index (χ3n) is 4.85. The Morgan fingerprint density at radius 3 is 2.52 bits per heavy atom. The van der Waals surface area contributed by atoms with Crippen molar-refractivity contribution in [3.63, 3.8) is 0 Å². The number of hydrogen-bond acceptors (Lipinski definition) is 8. The third kappa shape index (κ3) is 3.13. The van der Waals surface area contributed by atoms with Crippen molar-refractivity contribution < 1.29 is 9.05 Å². The van der Waals surface area contributed by atoms with E-state index in [0.29, 0.717) is 29.7 Å². The van der Waals surface area contributed by atoms with E-state index in [0.717, 1.165) is 56.3 Å². The maximum atomic E-state index is 5.81. The molecule has 0 aromatic carbocycles. The lowest BCUT2D eigenvalue weighted by atomic mass is 9.81. The number of aryl methyl sites for hydroxylation is 1. The second-order valence-corrected chi connectivity index (χ2v) is 6.74. The molecule has 0 radical (unpaired) electrons. The number of nitrogens with zero attached hydrogens (tertiary/aromatic N) is 4. The molecule has 1 saturated carbocycles. The fourth-order valence-corrected chi connectivity index (χ4v) is 3.38. The number of piperidine rings is 1. The monoisotopic (exact) mass is 318 g/mol. The van der Waals surface area contributed by atoms with Gasteiger partial charge in [0, 0.05) is 31.0 Å².